The molecule has 72 valence electrons. The Morgan fingerprint density at radius 3 is 2.93 bits per heavy atom. The van der Waals surface area contributed by atoms with Crippen molar-refractivity contribution in [2.24, 2.45) is 0 Å². The van der Waals surface area contributed by atoms with Gasteiger partial charge in [0.05, 0.1) is 17.8 Å². The maximum atomic E-state index is 5.04. The van der Waals surface area contributed by atoms with Crippen molar-refractivity contribution < 1.29 is 4.74 Å². The Morgan fingerprint density at radius 1 is 1.29 bits per heavy atom. The number of hydrogen-bond acceptors (Lipinski definition) is 2. The monoisotopic (exact) mass is 251 g/mol. The third kappa shape index (κ3) is 1.79. The number of hydrogen-bond donors (Lipinski definition) is 0. The second-order valence-corrected chi connectivity index (χ2v) is 3.90. The zero-order valence-corrected chi connectivity index (χ0v) is 9.41. The first-order chi connectivity index (χ1) is 6.81. The van der Waals surface area contributed by atoms with Crippen molar-refractivity contribution in [3.63, 3.8) is 0 Å². The summed E-state index contributed by atoms with van der Waals surface area (Å²) < 4.78 is 6.06. The molecule has 0 unspecified atom stereocenters. The number of aromatic nitrogens is 1. The van der Waals surface area contributed by atoms with Crippen molar-refractivity contribution in [1.29, 1.82) is 0 Å². The first-order valence-electron chi connectivity index (χ1n) is 4.34. The van der Waals surface area contributed by atoms with Crippen molar-refractivity contribution in [3.05, 3.63) is 40.5 Å². The summed E-state index contributed by atoms with van der Waals surface area (Å²) in [5.74, 6) is 0. The van der Waals surface area contributed by atoms with E-state index in [2.05, 4.69) is 27.0 Å². The Hall–Kier alpha value is -0.930. The van der Waals surface area contributed by atoms with Gasteiger partial charge in [-0.15, -0.1) is 0 Å². The lowest BCUT2D eigenvalue weighted by atomic mass is 10.2. The Morgan fingerprint density at radius 2 is 2.14 bits per heavy atom. The summed E-state index contributed by atoms with van der Waals surface area (Å²) >= 11 is 3.48. The van der Waals surface area contributed by atoms with Gasteiger partial charge in [0.15, 0.2) is 0 Å². The minimum Gasteiger partial charge on any atom is -0.378 e. The van der Waals surface area contributed by atoms with E-state index in [-0.39, 0.29) is 0 Å². The maximum absolute atomic E-state index is 5.04. The molecule has 0 N–H and O–H groups in total. The minimum atomic E-state index is 0.553. The molecule has 0 fully saturated rings. The molecule has 1 heterocycles. The molecule has 0 aliphatic rings. The summed E-state index contributed by atoms with van der Waals surface area (Å²) in [7, 11) is 1.67. The van der Waals surface area contributed by atoms with Gasteiger partial charge in [-0.05, 0) is 28.1 Å². The average molecular weight is 252 g/mol. The fourth-order valence-corrected chi connectivity index (χ4v) is 1.85. The number of pyridine rings is 1. The van der Waals surface area contributed by atoms with E-state index in [0.29, 0.717) is 6.61 Å². The largest absolute Gasteiger partial charge is 0.378 e. The molecule has 14 heavy (non-hydrogen) atoms. The van der Waals surface area contributed by atoms with Crippen LogP contribution < -0.4 is 0 Å². The fraction of sp³-hybridized carbons (Fsp3) is 0.182. The van der Waals surface area contributed by atoms with Gasteiger partial charge in [0.1, 0.15) is 0 Å². The number of halogens is 1. The summed E-state index contributed by atoms with van der Waals surface area (Å²) in [5, 5.41) is 1.14. The van der Waals surface area contributed by atoms with Gasteiger partial charge in [-0.25, -0.2) is 4.98 Å². The van der Waals surface area contributed by atoms with E-state index >= 15 is 0 Å². The molecule has 0 amide bonds. The van der Waals surface area contributed by atoms with Crippen LogP contribution in [-0.4, -0.2) is 12.1 Å². The first-order valence-corrected chi connectivity index (χ1v) is 5.13. The molecule has 0 saturated carbocycles. The van der Waals surface area contributed by atoms with Gasteiger partial charge in [0.25, 0.3) is 0 Å². The molecule has 0 atom stereocenters. The quantitative estimate of drug-likeness (QED) is 0.819. The van der Waals surface area contributed by atoms with Crippen molar-refractivity contribution in [3.8, 4) is 0 Å². The molecule has 1 aromatic carbocycles. The Kier molecular flexibility index (Phi) is 2.79. The smallest absolute Gasteiger partial charge is 0.0884 e. The highest BCUT2D eigenvalue weighted by Crippen LogP contribution is 2.22. The number of fused-ring (bicyclic) bond motifs is 1. The van der Waals surface area contributed by atoms with Crippen LogP contribution in [-0.2, 0) is 11.3 Å². The van der Waals surface area contributed by atoms with E-state index in [0.717, 1.165) is 21.1 Å². The number of para-hydroxylation sites is 1. The van der Waals surface area contributed by atoms with Crippen LogP contribution in [0.5, 0.6) is 0 Å². The zero-order chi connectivity index (χ0) is 9.97. The molecular weight excluding hydrogens is 242 g/mol. The predicted octanol–water partition coefficient (Wildman–Crippen LogP) is 3.14. The lowest BCUT2D eigenvalue weighted by Crippen LogP contribution is -1.92. The second kappa shape index (κ2) is 4.07. The number of methoxy groups -OCH3 is 1. The van der Waals surface area contributed by atoms with E-state index in [1.807, 2.05) is 24.3 Å². The van der Waals surface area contributed by atoms with Crippen LogP contribution in [0.25, 0.3) is 10.9 Å². The van der Waals surface area contributed by atoms with Crippen LogP contribution >= 0.6 is 15.9 Å². The standard InChI is InChI=1S/C11H10BrNO/c1-14-7-9-6-5-8-3-2-4-10(12)11(8)13-9/h2-6H,7H2,1H3. The highest BCUT2D eigenvalue weighted by molar-refractivity contribution is 9.10. The van der Waals surface area contributed by atoms with E-state index in [4.69, 9.17) is 4.74 Å². The van der Waals surface area contributed by atoms with E-state index in [1.54, 1.807) is 7.11 Å². The molecular formula is C11H10BrNO. The normalized spacial score (nSPS) is 10.7. The maximum Gasteiger partial charge on any atom is 0.0884 e. The van der Waals surface area contributed by atoms with Gasteiger partial charge in [-0.1, -0.05) is 18.2 Å². The van der Waals surface area contributed by atoms with Crippen molar-refractivity contribution in [2.75, 3.05) is 7.11 Å². The van der Waals surface area contributed by atoms with E-state index in [9.17, 15) is 0 Å². The SMILES string of the molecule is COCc1ccc2cccc(Br)c2n1. The van der Waals surface area contributed by atoms with Gasteiger partial charge >= 0.3 is 0 Å². The molecule has 0 bridgehead atoms. The van der Waals surface area contributed by atoms with Crippen LogP contribution in [0.4, 0.5) is 0 Å². The van der Waals surface area contributed by atoms with Crippen LogP contribution in [0, 0.1) is 0 Å². The van der Waals surface area contributed by atoms with Crippen molar-refractivity contribution in [2.45, 2.75) is 6.61 Å². The van der Waals surface area contributed by atoms with E-state index in [1.165, 1.54) is 0 Å². The summed E-state index contributed by atoms with van der Waals surface area (Å²) in [4.78, 5) is 4.49. The molecule has 0 aliphatic heterocycles. The van der Waals surface area contributed by atoms with Gasteiger partial charge in [-0.3, -0.25) is 0 Å². The van der Waals surface area contributed by atoms with Gasteiger partial charge in [-0.2, -0.15) is 0 Å². The van der Waals surface area contributed by atoms with Crippen molar-refractivity contribution in [1.82, 2.24) is 4.98 Å². The lowest BCUT2D eigenvalue weighted by molar-refractivity contribution is 0.182. The number of nitrogens with zero attached hydrogens (tertiary/aromatic N) is 1. The first kappa shape index (κ1) is 9.62. The summed E-state index contributed by atoms with van der Waals surface area (Å²) in [6.45, 7) is 0.553. The van der Waals surface area contributed by atoms with Crippen LogP contribution in [0.3, 0.4) is 0 Å². The highest BCUT2D eigenvalue weighted by atomic mass is 79.9. The number of benzene rings is 1. The van der Waals surface area contributed by atoms with Crippen molar-refractivity contribution >= 4 is 26.8 Å². The molecule has 0 saturated heterocycles. The summed E-state index contributed by atoms with van der Waals surface area (Å²) in [5.41, 5.74) is 1.94. The van der Waals surface area contributed by atoms with Gasteiger partial charge in [0.2, 0.25) is 0 Å². The van der Waals surface area contributed by atoms with Crippen LogP contribution in [0.15, 0.2) is 34.8 Å². The Bertz CT molecular complexity index is 456. The van der Waals surface area contributed by atoms with Gasteiger partial charge < -0.3 is 4.74 Å². The highest BCUT2D eigenvalue weighted by Gasteiger charge is 2.00. The molecule has 1 aromatic heterocycles. The zero-order valence-electron chi connectivity index (χ0n) is 7.83. The molecule has 0 spiro atoms. The molecule has 2 rings (SSSR count). The third-order valence-corrected chi connectivity index (χ3v) is 2.66. The fourth-order valence-electron chi connectivity index (χ4n) is 1.38. The van der Waals surface area contributed by atoms with Crippen LogP contribution in [0.1, 0.15) is 5.69 Å². The summed E-state index contributed by atoms with van der Waals surface area (Å²) in [6.07, 6.45) is 0. The predicted molar refractivity (Wildman–Crippen MR) is 60.2 cm³/mol. The molecule has 3 heteroatoms. The lowest BCUT2D eigenvalue weighted by Gasteiger charge is -2.03. The van der Waals surface area contributed by atoms with E-state index < -0.39 is 0 Å². The third-order valence-electron chi connectivity index (χ3n) is 2.02. The Balaban J connectivity index is 2.58. The topological polar surface area (TPSA) is 22.1 Å². The molecule has 2 aromatic rings. The minimum absolute atomic E-state index is 0.553. The molecule has 2 nitrogen and oxygen atoms in total. The second-order valence-electron chi connectivity index (χ2n) is 3.05. The van der Waals surface area contributed by atoms with Crippen LogP contribution in [0.2, 0.25) is 0 Å². The Labute approximate surface area is 91.0 Å². The average Bonchev–Trinajstić information content (AvgIpc) is 2.20. The number of rotatable bonds is 2. The number of ether oxygens (including phenoxy) is 1. The molecule has 0 radical (unpaired) electrons. The summed E-state index contributed by atoms with van der Waals surface area (Å²) in [6, 6.07) is 10.1. The molecule has 0 aliphatic carbocycles. The van der Waals surface area contributed by atoms with Gasteiger partial charge in [0, 0.05) is 17.0 Å².